The fraction of sp³-hybridized carbons (Fsp3) is 0.125. The Bertz CT molecular complexity index is 621. The van der Waals surface area contributed by atoms with E-state index in [1.54, 1.807) is 37.5 Å². The Labute approximate surface area is 117 Å². The van der Waals surface area contributed by atoms with Crippen LogP contribution >= 0.6 is 0 Å². The molecule has 102 valence electrons. The average molecular weight is 269 g/mol. The molecule has 0 aliphatic carbocycles. The predicted molar refractivity (Wildman–Crippen MR) is 78.5 cm³/mol. The minimum Gasteiger partial charge on any atom is -0.380 e. The van der Waals surface area contributed by atoms with Crippen LogP contribution in [0.25, 0.3) is 11.8 Å². The Balaban J connectivity index is 2.39. The van der Waals surface area contributed by atoms with E-state index in [0.29, 0.717) is 12.2 Å². The van der Waals surface area contributed by atoms with E-state index in [1.807, 2.05) is 30.3 Å². The molecule has 2 aromatic rings. The van der Waals surface area contributed by atoms with E-state index >= 15 is 0 Å². The van der Waals surface area contributed by atoms with Crippen molar-refractivity contribution in [3.63, 3.8) is 0 Å². The second-order valence-corrected chi connectivity index (χ2v) is 4.33. The quantitative estimate of drug-likeness (QED) is 0.473. The second-order valence-electron chi connectivity index (χ2n) is 4.33. The number of ether oxygens (including phenoxy) is 1. The van der Waals surface area contributed by atoms with Crippen LogP contribution in [0, 0.1) is 10.1 Å². The third-order valence-corrected chi connectivity index (χ3v) is 2.83. The summed E-state index contributed by atoms with van der Waals surface area (Å²) in [6.07, 6.45) is 1.58. The summed E-state index contributed by atoms with van der Waals surface area (Å²) in [5, 5.41) is 11.2. The van der Waals surface area contributed by atoms with Gasteiger partial charge in [-0.2, -0.15) is 0 Å². The largest absolute Gasteiger partial charge is 0.380 e. The van der Waals surface area contributed by atoms with Gasteiger partial charge in [0.15, 0.2) is 0 Å². The van der Waals surface area contributed by atoms with Gasteiger partial charge in [0.2, 0.25) is 0 Å². The first kappa shape index (κ1) is 14.0. The number of nitrogens with zero attached hydrogens (tertiary/aromatic N) is 1. The first-order valence-electron chi connectivity index (χ1n) is 6.20. The van der Waals surface area contributed by atoms with Gasteiger partial charge in [-0.05, 0) is 29.3 Å². The zero-order chi connectivity index (χ0) is 14.4. The first-order valence-corrected chi connectivity index (χ1v) is 6.20. The summed E-state index contributed by atoms with van der Waals surface area (Å²) < 4.78 is 5.07. The summed E-state index contributed by atoms with van der Waals surface area (Å²) in [6, 6.07) is 16.4. The lowest BCUT2D eigenvalue weighted by molar-refractivity contribution is -0.374. The Morgan fingerprint density at radius 3 is 2.60 bits per heavy atom. The molecule has 0 unspecified atom stereocenters. The van der Waals surface area contributed by atoms with Gasteiger partial charge in [0.05, 0.1) is 17.1 Å². The number of nitro groups is 1. The molecule has 0 atom stereocenters. The van der Waals surface area contributed by atoms with Crippen LogP contribution in [0.15, 0.2) is 54.6 Å². The first-order chi connectivity index (χ1) is 9.70. The molecule has 4 nitrogen and oxygen atoms in total. The highest BCUT2D eigenvalue weighted by atomic mass is 16.6. The molecule has 0 saturated heterocycles. The number of hydrogen-bond donors (Lipinski definition) is 0. The number of hydrogen-bond acceptors (Lipinski definition) is 3. The molecule has 0 bridgehead atoms. The molecule has 0 amide bonds. The minimum absolute atomic E-state index is 0.0835. The molecule has 2 rings (SSSR count). The summed E-state index contributed by atoms with van der Waals surface area (Å²) in [5.74, 6) is 0. The fourth-order valence-corrected chi connectivity index (χ4v) is 1.95. The maximum absolute atomic E-state index is 11.2. The molecule has 0 fully saturated rings. The monoisotopic (exact) mass is 269 g/mol. The SMILES string of the molecule is COCc1cccc(C=C(c2ccccc2)[N+](=O)[O-])c1. The van der Waals surface area contributed by atoms with Gasteiger partial charge < -0.3 is 4.74 Å². The van der Waals surface area contributed by atoms with Crippen molar-refractivity contribution in [2.45, 2.75) is 6.61 Å². The van der Waals surface area contributed by atoms with Gasteiger partial charge in [-0.3, -0.25) is 10.1 Å². The molecule has 0 saturated carbocycles. The van der Waals surface area contributed by atoms with Crippen molar-refractivity contribution in [1.29, 1.82) is 0 Å². The van der Waals surface area contributed by atoms with E-state index in [2.05, 4.69) is 0 Å². The van der Waals surface area contributed by atoms with E-state index in [0.717, 1.165) is 11.1 Å². The van der Waals surface area contributed by atoms with Crippen molar-refractivity contribution in [3.8, 4) is 0 Å². The maximum Gasteiger partial charge on any atom is 0.277 e. The smallest absolute Gasteiger partial charge is 0.277 e. The average Bonchev–Trinajstić information content (AvgIpc) is 2.46. The minimum atomic E-state index is -0.363. The van der Waals surface area contributed by atoms with Crippen LogP contribution in [0.2, 0.25) is 0 Å². The van der Waals surface area contributed by atoms with Crippen LogP contribution in [0.5, 0.6) is 0 Å². The predicted octanol–water partition coefficient (Wildman–Crippen LogP) is 3.61. The van der Waals surface area contributed by atoms with E-state index in [-0.39, 0.29) is 10.6 Å². The van der Waals surface area contributed by atoms with Crippen LogP contribution in [0.4, 0.5) is 0 Å². The van der Waals surface area contributed by atoms with Gasteiger partial charge in [0.25, 0.3) is 5.70 Å². The summed E-state index contributed by atoms with van der Waals surface area (Å²) >= 11 is 0. The van der Waals surface area contributed by atoms with E-state index in [1.165, 1.54) is 0 Å². The Morgan fingerprint density at radius 2 is 1.95 bits per heavy atom. The van der Waals surface area contributed by atoms with Crippen LogP contribution in [0.1, 0.15) is 16.7 Å². The lowest BCUT2D eigenvalue weighted by Gasteiger charge is -2.02. The van der Waals surface area contributed by atoms with Crippen LogP contribution in [-0.2, 0) is 11.3 Å². The van der Waals surface area contributed by atoms with Gasteiger partial charge >= 0.3 is 0 Å². The third-order valence-electron chi connectivity index (χ3n) is 2.83. The van der Waals surface area contributed by atoms with Gasteiger partial charge in [-0.1, -0.05) is 36.4 Å². The van der Waals surface area contributed by atoms with Gasteiger partial charge in [0, 0.05) is 13.2 Å². The molecule has 20 heavy (non-hydrogen) atoms. The Hall–Kier alpha value is -2.46. The molecule has 0 spiro atoms. The maximum atomic E-state index is 11.2. The number of benzene rings is 2. The number of rotatable bonds is 5. The fourth-order valence-electron chi connectivity index (χ4n) is 1.95. The van der Waals surface area contributed by atoms with Crippen LogP contribution in [-0.4, -0.2) is 12.0 Å². The summed E-state index contributed by atoms with van der Waals surface area (Å²) in [5.41, 5.74) is 2.45. The molecule has 0 aliphatic heterocycles. The van der Waals surface area contributed by atoms with Crippen molar-refractivity contribution in [1.82, 2.24) is 0 Å². The second kappa shape index (κ2) is 6.63. The lowest BCUT2D eigenvalue weighted by atomic mass is 10.1. The molecule has 2 aromatic carbocycles. The zero-order valence-electron chi connectivity index (χ0n) is 11.2. The van der Waals surface area contributed by atoms with E-state index in [4.69, 9.17) is 4.74 Å². The van der Waals surface area contributed by atoms with Crippen molar-refractivity contribution in [2.24, 2.45) is 0 Å². The van der Waals surface area contributed by atoms with Gasteiger partial charge in [-0.15, -0.1) is 0 Å². The molecular formula is C16H15NO3. The van der Waals surface area contributed by atoms with E-state index < -0.39 is 0 Å². The van der Waals surface area contributed by atoms with Crippen molar-refractivity contribution in [2.75, 3.05) is 7.11 Å². The standard InChI is InChI=1S/C16H15NO3/c1-20-12-14-7-5-6-13(10-14)11-16(17(18)19)15-8-3-2-4-9-15/h2-11H,12H2,1H3. The molecule has 0 radical (unpaired) electrons. The highest BCUT2D eigenvalue weighted by Gasteiger charge is 2.13. The molecule has 0 heterocycles. The highest BCUT2D eigenvalue weighted by molar-refractivity contribution is 5.76. The highest BCUT2D eigenvalue weighted by Crippen LogP contribution is 2.19. The van der Waals surface area contributed by atoms with Gasteiger partial charge in [-0.25, -0.2) is 0 Å². The third kappa shape index (κ3) is 3.52. The Morgan fingerprint density at radius 1 is 1.20 bits per heavy atom. The zero-order valence-corrected chi connectivity index (χ0v) is 11.2. The molecule has 0 N–H and O–H groups in total. The topological polar surface area (TPSA) is 52.4 Å². The normalized spacial score (nSPS) is 11.3. The summed E-state index contributed by atoms with van der Waals surface area (Å²) in [6.45, 7) is 0.487. The number of methoxy groups -OCH3 is 1. The molecule has 0 aromatic heterocycles. The van der Waals surface area contributed by atoms with Crippen LogP contribution in [0.3, 0.4) is 0 Å². The lowest BCUT2D eigenvalue weighted by Crippen LogP contribution is -1.97. The molecular weight excluding hydrogens is 254 g/mol. The Kier molecular flexibility index (Phi) is 4.63. The van der Waals surface area contributed by atoms with Gasteiger partial charge in [0.1, 0.15) is 0 Å². The van der Waals surface area contributed by atoms with Crippen molar-refractivity contribution in [3.05, 3.63) is 81.4 Å². The van der Waals surface area contributed by atoms with E-state index in [9.17, 15) is 10.1 Å². The summed E-state index contributed by atoms with van der Waals surface area (Å²) in [4.78, 5) is 10.9. The van der Waals surface area contributed by atoms with Crippen molar-refractivity contribution >= 4 is 11.8 Å². The van der Waals surface area contributed by atoms with Crippen LogP contribution < -0.4 is 0 Å². The summed E-state index contributed by atoms with van der Waals surface area (Å²) in [7, 11) is 1.62. The van der Waals surface area contributed by atoms with Crippen molar-refractivity contribution < 1.29 is 9.66 Å². The molecule has 0 aliphatic rings. The molecule has 4 heteroatoms.